The summed E-state index contributed by atoms with van der Waals surface area (Å²) in [5.41, 5.74) is 4.15. The quantitative estimate of drug-likeness (QED) is 0.430. The molecule has 2 heterocycles. The van der Waals surface area contributed by atoms with Gasteiger partial charge < -0.3 is 14.8 Å². The van der Waals surface area contributed by atoms with E-state index in [9.17, 15) is 9.59 Å². The van der Waals surface area contributed by atoms with E-state index in [0.717, 1.165) is 22.6 Å². The molecule has 0 atom stereocenters. The molecule has 0 aliphatic heterocycles. The number of carbonyl (C=O) groups excluding carboxylic acids is 1. The Morgan fingerprint density at radius 2 is 1.94 bits per heavy atom. The van der Waals surface area contributed by atoms with Crippen molar-refractivity contribution in [1.29, 1.82) is 0 Å². The third-order valence-corrected chi connectivity index (χ3v) is 5.42. The van der Waals surface area contributed by atoms with Crippen molar-refractivity contribution in [2.45, 2.75) is 19.9 Å². The fourth-order valence-corrected chi connectivity index (χ4v) is 3.61. The van der Waals surface area contributed by atoms with Crippen LogP contribution in [-0.2, 0) is 22.5 Å². The summed E-state index contributed by atoms with van der Waals surface area (Å²) in [4.78, 5) is 29.9. The molecule has 0 saturated carbocycles. The van der Waals surface area contributed by atoms with Crippen LogP contribution in [0.25, 0.3) is 22.2 Å². The molecule has 33 heavy (non-hydrogen) atoms. The number of aromatic amines is 1. The van der Waals surface area contributed by atoms with Crippen molar-refractivity contribution in [3.63, 3.8) is 0 Å². The molecule has 9 heteroatoms. The summed E-state index contributed by atoms with van der Waals surface area (Å²) in [5.74, 6) is 0.537. The molecule has 4 rings (SSSR count). The first-order valence-electron chi connectivity index (χ1n) is 10.5. The lowest BCUT2D eigenvalue weighted by Crippen LogP contribution is -2.23. The van der Waals surface area contributed by atoms with Gasteiger partial charge in [0.05, 0.1) is 49.6 Å². The van der Waals surface area contributed by atoms with E-state index in [0.29, 0.717) is 35.4 Å². The van der Waals surface area contributed by atoms with Gasteiger partial charge in [-0.1, -0.05) is 0 Å². The van der Waals surface area contributed by atoms with Gasteiger partial charge in [0.25, 0.3) is 5.56 Å². The Kier molecular flexibility index (Phi) is 6.50. The topological polar surface area (TPSA) is 111 Å². The Balaban J connectivity index is 1.55. The molecule has 9 nitrogen and oxygen atoms in total. The summed E-state index contributed by atoms with van der Waals surface area (Å²) in [6.07, 6.45) is 1.64. The Bertz CT molecular complexity index is 1340. The number of hydrogen-bond acceptors (Lipinski definition) is 6. The highest BCUT2D eigenvalue weighted by molar-refractivity contribution is 5.95. The van der Waals surface area contributed by atoms with E-state index >= 15 is 0 Å². The predicted octanol–water partition coefficient (Wildman–Crippen LogP) is 2.93. The third kappa shape index (κ3) is 4.78. The van der Waals surface area contributed by atoms with Gasteiger partial charge >= 0.3 is 0 Å². The number of fused-ring (bicyclic) bond motifs is 1. The zero-order chi connectivity index (χ0) is 23.4. The van der Waals surface area contributed by atoms with Gasteiger partial charge in [0, 0.05) is 29.6 Å². The zero-order valence-electron chi connectivity index (χ0n) is 18.7. The monoisotopic (exact) mass is 447 g/mol. The summed E-state index contributed by atoms with van der Waals surface area (Å²) < 4.78 is 11.7. The number of amides is 1. The van der Waals surface area contributed by atoms with Gasteiger partial charge in [0.15, 0.2) is 0 Å². The van der Waals surface area contributed by atoms with E-state index in [-0.39, 0.29) is 17.9 Å². The smallest absolute Gasteiger partial charge is 0.261 e. The number of aryl methyl sites for hydroxylation is 1. The molecule has 4 aromatic rings. The summed E-state index contributed by atoms with van der Waals surface area (Å²) in [5, 5.41) is 10.7. The van der Waals surface area contributed by atoms with Gasteiger partial charge in [-0.25, -0.2) is 4.98 Å². The molecule has 0 bridgehead atoms. The number of H-pyrrole nitrogens is 1. The molecule has 2 N–H and O–H groups in total. The van der Waals surface area contributed by atoms with Crippen LogP contribution >= 0.6 is 0 Å². The largest absolute Gasteiger partial charge is 0.497 e. The Morgan fingerprint density at radius 3 is 2.67 bits per heavy atom. The molecule has 0 saturated heterocycles. The molecule has 0 radical (unpaired) electrons. The molecule has 170 valence electrons. The average molecular weight is 447 g/mol. The van der Waals surface area contributed by atoms with Gasteiger partial charge in [-0.3, -0.25) is 19.3 Å². The molecule has 2 aromatic carbocycles. The van der Waals surface area contributed by atoms with Crippen LogP contribution in [0.2, 0.25) is 0 Å². The standard InChI is InChI=1S/C24H25N5O4/c1-15-19(23(28-27-15)16-4-7-18(33-3)8-5-16)13-22(30)26-17-6-9-21-20(12-17)24(31)29(14-25-21)10-11-32-2/h4-9,12,14H,10-11,13H2,1-3H3,(H,26,30)(H,27,28). The highest BCUT2D eigenvalue weighted by Gasteiger charge is 2.16. The van der Waals surface area contributed by atoms with E-state index in [1.54, 1.807) is 32.4 Å². The maximum absolute atomic E-state index is 12.9. The fraction of sp³-hybridized carbons (Fsp3) is 0.250. The van der Waals surface area contributed by atoms with E-state index in [1.807, 2.05) is 31.2 Å². The Labute approximate surface area is 190 Å². The number of nitrogens with one attached hydrogen (secondary N) is 2. The number of methoxy groups -OCH3 is 2. The first-order valence-corrected chi connectivity index (χ1v) is 10.5. The number of nitrogens with zero attached hydrogens (tertiary/aromatic N) is 3. The molecule has 0 aliphatic rings. The highest BCUT2D eigenvalue weighted by atomic mass is 16.5. The maximum Gasteiger partial charge on any atom is 0.261 e. The van der Waals surface area contributed by atoms with Crippen LogP contribution in [-0.4, -0.2) is 46.5 Å². The van der Waals surface area contributed by atoms with Crippen molar-refractivity contribution in [2.75, 3.05) is 26.1 Å². The summed E-state index contributed by atoms with van der Waals surface area (Å²) in [6, 6.07) is 12.6. The lowest BCUT2D eigenvalue weighted by Gasteiger charge is -2.09. The molecular formula is C24H25N5O4. The van der Waals surface area contributed by atoms with Crippen LogP contribution in [0, 0.1) is 6.92 Å². The van der Waals surface area contributed by atoms with E-state index in [2.05, 4.69) is 20.5 Å². The van der Waals surface area contributed by atoms with E-state index in [1.165, 1.54) is 10.9 Å². The minimum Gasteiger partial charge on any atom is -0.497 e. The molecular weight excluding hydrogens is 422 g/mol. The zero-order valence-corrected chi connectivity index (χ0v) is 18.7. The minimum atomic E-state index is -0.211. The van der Waals surface area contributed by atoms with Crippen LogP contribution in [0.3, 0.4) is 0 Å². The average Bonchev–Trinajstić information content (AvgIpc) is 3.19. The van der Waals surface area contributed by atoms with Crippen molar-refractivity contribution in [2.24, 2.45) is 0 Å². The molecule has 0 aliphatic carbocycles. The summed E-state index contributed by atoms with van der Waals surface area (Å²) in [7, 11) is 3.19. The van der Waals surface area contributed by atoms with Crippen molar-refractivity contribution in [3.05, 3.63) is 70.4 Å². The van der Waals surface area contributed by atoms with Crippen molar-refractivity contribution >= 4 is 22.5 Å². The number of ether oxygens (including phenoxy) is 2. The molecule has 1 amide bonds. The van der Waals surface area contributed by atoms with Crippen molar-refractivity contribution in [3.8, 4) is 17.0 Å². The number of anilines is 1. The molecule has 0 fully saturated rings. The second-order valence-corrected chi connectivity index (χ2v) is 7.60. The number of carbonyl (C=O) groups is 1. The third-order valence-electron chi connectivity index (χ3n) is 5.42. The van der Waals surface area contributed by atoms with Crippen molar-refractivity contribution < 1.29 is 14.3 Å². The molecule has 0 spiro atoms. The lowest BCUT2D eigenvalue weighted by atomic mass is 10.0. The number of rotatable bonds is 8. The van der Waals surface area contributed by atoms with E-state index in [4.69, 9.17) is 9.47 Å². The van der Waals surface area contributed by atoms with Gasteiger partial charge in [-0.15, -0.1) is 0 Å². The van der Waals surface area contributed by atoms with Crippen LogP contribution in [0.5, 0.6) is 5.75 Å². The fourth-order valence-electron chi connectivity index (χ4n) is 3.61. The SMILES string of the molecule is COCCn1cnc2ccc(NC(=O)Cc3c(-c4ccc(OC)cc4)n[nH]c3C)cc2c1=O. The molecule has 2 aromatic heterocycles. The van der Waals surface area contributed by atoms with E-state index < -0.39 is 0 Å². The number of aromatic nitrogens is 4. The predicted molar refractivity (Wildman–Crippen MR) is 126 cm³/mol. The number of benzene rings is 2. The first kappa shape index (κ1) is 22.2. The summed E-state index contributed by atoms with van der Waals surface area (Å²) >= 11 is 0. The lowest BCUT2D eigenvalue weighted by molar-refractivity contribution is -0.115. The second-order valence-electron chi connectivity index (χ2n) is 7.60. The summed E-state index contributed by atoms with van der Waals surface area (Å²) in [6.45, 7) is 2.69. The van der Waals surface area contributed by atoms with Gasteiger partial charge in [0.2, 0.25) is 5.91 Å². The normalized spacial score (nSPS) is 11.0. The van der Waals surface area contributed by atoms with Gasteiger partial charge in [-0.2, -0.15) is 5.10 Å². The highest BCUT2D eigenvalue weighted by Crippen LogP contribution is 2.26. The Hall–Kier alpha value is -3.98. The van der Waals surface area contributed by atoms with Crippen LogP contribution in [0.1, 0.15) is 11.3 Å². The molecule has 0 unspecified atom stereocenters. The van der Waals surface area contributed by atoms with Gasteiger partial charge in [-0.05, 0) is 49.4 Å². The maximum atomic E-state index is 12.9. The van der Waals surface area contributed by atoms with Gasteiger partial charge in [0.1, 0.15) is 5.75 Å². The minimum absolute atomic E-state index is 0.132. The first-order chi connectivity index (χ1) is 16.0. The number of hydrogen-bond donors (Lipinski definition) is 2. The van der Waals surface area contributed by atoms with Crippen LogP contribution < -0.4 is 15.6 Å². The van der Waals surface area contributed by atoms with Crippen LogP contribution in [0.4, 0.5) is 5.69 Å². The van der Waals surface area contributed by atoms with Crippen molar-refractivity contribution in [1.82, 2.24) is 19.7 Å². The Morgan fingerprint density at radius 1 is 1.15 bits per heavy atom. The second kappa shape index (κ2) is 9.66. The van der Waals surface area contributed by atoms with Crippen LogP contribution in [0.15, 0.2) is 53.6 Å².